The van der Waals surface area contributed by atoms with Crippen molar-refractivity contribution in [2.75, 3.05) is 13.7 Å². The molecule has 0 N–H and O–H groups in total. The summed E-state index contributed by atoms with van der Waals surface area (Å²) in [6, 6.07) is 11.7. The molecule has 0 saturated carbocycles. The van der Waals surface area contributed by atoms with Crippen LogP contribution >= 0.6 is 0 Å². The van der Waals surface area contributed by atoms with Crippen LogP contribution in [0.25, 0.3) is 0 Å². The minimum Gasteiger partial charge on any atom is -0.493 e. The standard InChI is InChI=1S/C17H17FN2O4/c1-19(12-13-3-2-4-14(18)11-13)17(21)9-10-24-16-7-5-15(6-8-16)20(22)23/h2-8,11H,9-10,12H2,1H3. The molecule has 0 aliphatic carbocycles. The highest BCUT2D eigenvalue weighted by Gasteiger charge is 2.10. The van der Waals surface area contributed by atoms with Crippen molar-refractivity contribution in [3.8, 4) is 5.75 Å². The molecule has 24 heavy (non-hydrogen) atoms. The number of nitro benzene ring substituents is 1. The molecule has 0 aliphatic heterocycles. The van der Waals surface area contributed by atoms with Crippen LogP contribution in [0, 0.1) is 15.9 Å². The lowest BCUT2D eigenvalue weighted by Crippen LogP contribution is -2.27. The third-order valence-electron chi connectivity index (χ3n) is 3.37. The zero-order valence-electron chi connectivity index (χ0n) is 13.1. The quantitative estimate of drug-likeness (QED) is 0.577. The van der Waals surface area contributed by atoms with Gasteiger partial charge in [-0.2, -0.15) is 0 Å². The van der Waals surface area contributed by atoms with E-state index in [0.29, 0.717) is 17.9 Å². The third kappa shape index (κ3) is 5.05. The van der Waals surface area contributed by atoms with E-state index in [2.05, 4.69) is 0 Å². The number of carbonyl (C=O) groups is 1. The Morgan fingerprint density at radius 3 is 2.58 bits per heavy atom. The van der Waals surface area contributed by atoms with Gasteiger partial charge in [-0.05, 0) is 29.8 Å². The molecule has 1 amide bonds. The predicted octanol–water partition coefficient (Wildman–Crippen LogP) is 3.16. The van der Waals surface area contributed by atoms with Crippen LogP contribution in [0.3, 0.4) is 0 Å². The molecule has 0 fully saturated rings. The number of ether oxygens (including phenoxy) is 1. The molecule has 0 heterocycles. The molecule has 2 aromatic rings. The fourth-order valence-corrected chi connectivity index (χ4v) is 2.11. The molecule has 6 nitrogen and oxygen atoms in total. The summed E-state index contributed by atoms with van der Waals surface area (Å²) >= 11 is 0. The topological polar surface area (TPSA) is 72.7 Å². The maximum Gasteiger partial charge on any atom is 0.269 e. The zero-order valence-corrected chi connectivity index (χ0v) is 13.1. The van der Waals surface area contributed by atoms with E-state index in [4.69, 9.17) is 4.74 Å². The van der Waals surface area contributed by atoms with Crippen molar-refractivity contribution in [1.82, 2.24) is 4.90 Å². The van der Waals surface area contributed by atoms with Crippen molar-refractivity contribution in [1.29, 1.82) is 0 Å². The molecule has 2 rings (SSSR count). The van der Waals surface area contributed by atoms with E-state index in [0.717, 1.165) is 0 Å². The van der Waals surface area contributed by atoms with E-state index in [1.54, 1.807) is 19.2 Å². The fraction of sp³-hybridized carbons (Fsp3) is 0.235. The number of non-ortho nitro benzene ring substituents is 1. The Kier molecular flexibility index (Phi) is 5.83. The van der Waals surface area contributed by atoms with E-state index < -0.39 is 4.92 Å². The van der Waals surface area contributed by atoms with Crippen molar-refractivity contribution in [2.45, 2.75) is 13.0 Å². The summed E-state index contributed by atoms with van der Waals surface area (Å²) < 4.78 is 18.5. The predicted molar refractivity (Wildman–Crippen MR) is 86.1 cm³/mol. The van der Waals surface area contributed by atoms with Crippen molar-refractivity contribution in [3.63, 3.8) is 0 Å². The van der Waals surface area contributed by atoms with Gasteiger partial charge < -0.3 is 9.64 Å². The van der Waals surface area contributed by atoms with Crippen molar-refractivity contribution in [2.24, 2.45) is 0 Å². The molecule has 2 aromatic carbocycles. The first-order chi connectivity index (χ1) is 11.5. The second-order valence-corrected chi connectivity index (χ2v) is 5.23. The Bertz CT molecular complexity index is 719. The monoisotopic (exact) mass is 332 g/mol. The molecular weight excluding hydrogens is 315 g/mol. The van der Waals surface area contributed by atoms with Gasteiger partial charge in [-0.15, -0.1) is 0 Å². The normalized spacial score (nSPS) is 10.2. The van der Waals surface area contributed by atoms with Gasteiger partial charge in [-0.1, -0.05) is 12.1 Å². The van der Waals surface area contributed by atoms with Crippen LogP contribution < -0.4 is 4.74 Å². The Morgan fingerprint density at radius 1 is 1.25 bits per heavy atom. The minimum atomic E-state index is -0.491. The average Bonchev–Trinajstić information content (AvgIpc) is 2.55. The summed E-state index contributed by atoms with van der Waals surface area (Å²) in [6.07, 6.45) is 0.156. The van der Waals surface area contributed by atoms with E-state index in [1.165, 1.54) is 41.3 Å². The first-order valence-corrected chi connectivity index (χ1v) is 7.31. The van der Waals surface area contributed by atoms with Crippen LogP contribution in [-0.2, 0) is 11.3 Å². The lowest BCUT2D eigenvalue weighted by atomic mass is 10.2. The summed E-state index contributed by atoms with van der Waals surface area (Å²) in [6.45, 7) is 0.470. The Balaban J connectivity index is 1.78. The summed E-state index contributed by atoms with van der Waals surface area (Å²) in [7, 11) is 1.64. The second kappa shape index (κ2) is 8.05. The summed E-state index contributed by atoms with van der Waals surface area (Å²) in [5, 5.41) is 10.6. The van der Waals surface area contributed by atoms with Gasteiger partial charge >= 0.3 is 0 Å². The van der Waals surface area contributed by atoms with Gasteiger partial charge in [-0.25, -0.2) is 4.39 Å². The maximum atomic E-state index is 13.1. The molecule has 0 saturated heterocycles. The highest BCUT2D eigenvalue weighted by atomic mass is 19.1. The van der Waals surface area contributed by atoms with Crippen LogP contribution in [0.5, 0.6) is 5.75 Å². The van der Waals surface area contributed by atoms with Crippen LogP contribution in [-0.4, -0.2) is 29.4 Å². The lowest BCUT2D eigenvalue weighted by molar-refractivity contribution is -0.384. The third-order valence-corrected chi connectivity index (χ3v) is 3.37. The highest BCUT2D eigenvalue weighted by molar-refractivity contribution is 5.76. The summed E-state index contributed by atoms with van der Waals surface area (Å²) in [5.41, 5.74) is 0.690. The number of rotatable bonds is 7. The van der Waals surface area contributed by atoms with Crippen molar-refractivity contribution in [3.05, 3.63) is 70.0 Å². The number of nitrogens with zero attached hydrogens (tertiary/aromatic N) is 2. The molecule has 0 aliphatic rings. The molecule has 0 unspecified atom stereocenters. The maximum absolute atomic E-state index is 13.1. The molecule has 126 valence electrons. The Morgan fingerprint density at radius 2 is 1.96 bits per heavy atom. The fourth-order valence-electron chi connectivity index (χ4n) is 2.11. The van der Waals surface area contributed by atoms with Gasteiger partial charge in [0.2, 0.25) is 5.91 Å². The lowest BCUT2D eigenvalue weighted by Gasteiger charge is -2.17. The smallest absolute Gasteiger partial charge is 0.269 e. The molecular formula is C17H17FN2O4. The number of amides is 1. The summed E-state index contributed by atoms with van der Waals surface area (Å²) in [4.78, 5) is 23.6. The highest BCUT2D eigenvalue weighted by Crippen LogP contribution is 2.17. The molecule has 0 aromatic heterocycles. The van der Waals surface area contributed by atoms with Crippen LogP contribution in [0.15, 0.2) is 48.5 Å². The molecule has 0 radical (unpaired) electrons. The van der Waals surface area contributed by atoms with Gasteiger partial charge in [0, 0.05) is 25.7 Å². The zero-order chi connectivity index (χ0) is 17.5. The SMILES string of the molecule is CN(Cc1cccc(F)c1)C(=O)CCOc1ccc([N+](=O)[O-])cc1. The minimum absolute atomic E-state index is 0.0201. The van der Waals surface area contributed by atoms with E-state index in [9.17, 15) is 19.3 Å². The van der Waals surface area contributed by atoms with Gasteiger partial charge in [0.25, 0.3) is 5.69 Å². The summed E-state index contributed by atoms with van der Waals surface area (Å²) in [5.74, 6) is -0.0165. The number of halogens is 1. The van der Waals surface area contributed by atoms with E-state index >= 15 is 0 Å². The van der Waals surface area contributed by atoms with Gasteiger partial charge in [0.15, 0.2) is 0 Å². The molecule has 0 spiro atoms. The van der Waals surface area contributed by atoms with E-state index in [-0.39, 0.29) is 30.4 Å². The number of hydrogen-bond donors (Lipinski definition) is 0. The Hall–Kier alpha value is -2.96. The molecule has 0 atom stereocenters. The van der Waals surface area contributed by atoms with Crippen molar-refractivity contribution < 1.29 is 18.8 Å². The van der Waals surface area contributed by atoms with Crippen molar-refractivity contribution >= 4 is 11.6 Å². The van der Waals surface area contributed by atoms with Gasteiger partial charge in [0.05, 0.1) is 18.0 Å². The van der Waals surface area contributed by atoms with E-state index in [1.807, 2.05) is 0 Å². The van der Waals surface area contributed by atoms with Crippen LogP contribution in [0.2, 0.25) is 0 Å². The number of hydrogen-bond acceptors (Lipinski definition) is 4. The van der Waals surface area contributed by atoms with Crippen LogP contribution in [0.4, 0.5) is 10.1 Å². The first kappa shape index (κ1) is 17.4. The Labute approximate surface area is 138 Å². The number of benzene rings is 2. The molecule has 0 bridgehead atoms. The molecule has 7 heteroatoms. The van der Waals surface area contributed by atoms with Crippen LogP contribution in [0.1, 0.15) is 12.0 Å². The number of nitro groups is 1. The first-order valence-electron chi connectivity index (χ1n) is 7.31. The second-order valence-electron chi connectivity index (χ2n) is 5.23. The largest absolute Gasteiger partial charge is 0.493 e. The average molecular weight is 332 g/mol. The van der Waals surface area contributed by atoms with Gasteiger partial charge in [0.1, 0.15) is 11.6 Å². The number of carbonyl (C=O) groups excluding carboxylic acids is 1. The van der Waals surface area contributed by atoms with Gasteiger partial charge in [-0.3, -0.25) is 14.9 Å².